The Morgan fingerprint density at radius 1 is 0.966 bits per heavy atom. The lowest BCUT2D eigenvalue weighted by Crippen LogP contribution is -2.11. The molecule has 1 N–H and O–H groups in total. The molecule has 0 bridgehead atoms. The number of nitriles is 1. The first-order valence-electron chi connectivity index (χ1n) is 9.09. The lowest BCUT2D eigenvalue weighted by Gasteiger charge is -2.07. The number of benzene rings is 3. The van der Waals surface area contributed by atoms with Crippen molar-refractivity contribution in [2.45, 2.75) is 6.92 Å². The van der Waals surface area contributed by atoms with E-state index in [4.69, 9.17) is 10.2 Å². The predicted octanol–water partition coefficient (Wildman–Crippen LogP) is 5.91. The predicted molar refractivity (Wildman–Crippen MR) is 117 cm³/mol. The molecule has 0 unspecified atom stereocenters. The number of carbonyl (C=O) groups excluding carboxylic acids is 1. The molecule has 5 heteroatoms. The molecule has 1 amide bonds. The molecule has 0 aliphatic carbocycles. The number of rotatable bonds is 4. The summed E-state index contributed by atoms with van der Waals surface area (Å²) in [6, 6.07) is 26.5. The number of hydrogen-bond acceptors (Lipinski definition) is 4. The van der Waals surface area contributed by atoms with Gasteiger partial charge in [-0.2, -0.15) is 5.26 Å². The van der Waals surface area contributed by atoms with Crippen molar-refractivity contribution in [3.8, 4) is 27.9 Å². The first-order chi connectivity index (χ1) is 14.1. The normalized spacial score (nSPS) is 10.3. The number of aryl methyl sites for hydroxylation is 1. The summed E-state index contributed by atoms with van der Waals surface area (Å²) in [5, 5.41) is 12.8. The third kappa shape index (κ3) is 4.08. The topological polar surface area (TPSA) is 65.8 Å². The zero-order chi connectivity index (χ0) is 20.2. The molecule has 0 aliphatic heterocycles. The summed E-state index contributed by atoms with van der Waals surface area (Å²) in [6.07, 6.45) is 0. The third-order valence-electron chi connectivity index (χ3n) is 4.49. The average Bonchev–Trinajstić information content (AvgIpc) is 3.16. The molecule has 0 aliphatic rings. The lowest BCUT2D eigenvalue weighted by atomic mass is 10.1. The maximum atomic E-state index is 12.4. The molecule has 4 nitrogen and oxygen atoms in total. The Morgan fingerprint density at radius 3 is 2.45 bits per heavy atom. The van der Waals surface area contributed by atoms with Gasteiger partial charge in [0, 0.05) is 27.3 Å². The van der Waals surface area contributed by atoms with Crippen LogP contribution >= 0.6 is 11.3 Å². The maximum absolute atomic E-state index is 12.4. The summed E-state index contributed by atoms with van der Waals surface area (Å²) < 4.78 is 0. The number of nitrogens with one attached hydrogen (secondary N) is 1. The summed E-state index contributed by atoms with van der Waals surface area (Å²) in [6.45, 7) is 2.07. The van der Waals surface area contributed by atoms with Gasteiger partial charge in [-0.3, -0.25) is 4.79 Å². The molecule has 1 aromatic heterocycles. The summed E-state index contributed by atoms with van der Waals surface area (Å²) in [5.41, 5.74) is 4.67. The molecule has 4 rings (SSSR count). The zero-order valence-electron chi connectivity index (χ0n) is 15.7. The molecular weight excluding hydrogens is 378 g/mol. The molecule has 0 radical (unpaired) electrons. The molecule has 4 aromatic rings. The lowest BCUT2D eigenvalue weighted by molar-refractivity contribution is 0.102. The number of thiazole rings is 1. The molecule has 29 heavy (non-hydrogen) atoms. The van der Waals surface area contributed by atoms with Crippen molar-refractivity contribution < 1.29 is 4.79 Å². The smallest absolute Gasteiger partial charge is 0.255 e. The van der Waals surface area contributed by atoms with Crippen molar-refractivity contribution in [1.82, 2.24) is 4.98 Å². The van der Waals surface area contributed by atoms with Gasteiger partial charge in [-0.15, -0.1) is 11.3 Å². The van der Waals surface area contributed by atoms with Gasteiger partial charge in [0.05, 0.1) is 17.3 Å². The fraction of sp³-hybridized carbons (Fsp3) is 0.0417. The van der Waals surface area contributed by atoms with Crippen LogP contribution in [0.2, 0.25) is 0 Å². The Labute approximate surface area is 173 Å². The Kier molecular flexibility index (Phi) is 5.19. The van der Waals surface area contributed by atoms with Crippen LogP contribution in [0.4, 0.5) is 5.69 Å². The van der Waals surface area contributed by atoms with Gasteiger partial charge in [0.25, 0.3) is 5.91 Å². The van der Waals surface area contributed by atoms with Crippen LogP contribution in [0.5, 0.6) is 0 Å². The standard InChI is InChI=1S/C24H17N3OS/c1-16-22(27-24(29-16)19-7-3-2-4-8-19)18-10-12-21(13-11-18)26-23(28)20-9-5-6-17(14-20)15-25/h2-14H,1H3,(H,26,28). The van der Waals surface area contributed by atoms with E-state index < -0.39 is 0 Å². The second-order valence-corrected chi connectivity index (χ2v) is 7.72. The van der Waals surface area contributed by atoms with E-state index in [9.17, 15) is 4.79 Å². The minimum Gasteiger partial charge on any atom is -0.322 e. The van der Waals surface area contributed by atoms with E-state index >= 15 is 0 Å². The third-order valence-corrected chi connectivity index (χ3v) is 5.51. The van der Waals surface area contributed by atoms with Crippen molar-refractivity contribution in [3.05, 3.63) is 94.9 Å². The molecule has 3 aromatic carbocycles. The van der Waals surface area contributed by atoms with Gasteiger partial charge < -0.3 is 5.32 Å². The molecular formula is C24H17N3OS. The minimum atomic E-state index is -0.244. The van der Waals surface area contributed by atoms with Crippen LogP contribution in [-0.2, 0) is 0 Å². The summed E-state index contributed by atoms with van der Waals surface area (Å²) in [7, 11) is 0. The van der Waals surface area contributed by atoms with Crippen LogP contribution in [0, 0.1) is 18.3 Å². The van der Waals surface area contributed by atoms with E-state index in [1.165, 1.54) is 0 Å². The first-order valence-corrected chi connectivity index (χ1v) is 9.90. The highest BCUT2D eigenvalue weighted by Gasteiger charge is 2.12. The van der Waals surface area contributed by atoms with E-state index in [1.807, 2.05) is 48.5 Å². The van der Waals surface area contributed by atoms with Crippen LogP contribution in [-0.4, -0.2) is 10.9 Å². The quantitative estimate of drug-likeness (QED) is 0.467. The van der Waals surface area contributed by atoms with Crippen LogP contribution < -0.4 is 5.32 Å². The highest BCUT2D eigenvalue weighted by molar-refractivity contribution is 7.15. The SMILES string of the molecule is Cc1sc(-c2ccccc2)nc1-c1ccc(NC(=O)c2cccc(C#N)c2)cc1. The highest BCUT2D eigenvalue weighted by Crippen LogP contribution is 2.33. The molecule has 0 saturated carbocycles. The summed E-state index contributed by atoms with van der Waals surface area (Å²) >= 11 is 1.67. The van der Waals surface area contributed by atoms with Gasteiger partial charge in [0.2, 0.25) is 0 Å². The second kappa shape index (κ2) is 8.09. The fourth-order valence-corrected chi connectivity index (χ4v) is 3.95. The van der Waals surface area contributed by atoms with E-state index in [0.717, 1.165) is 26.7 Å². The first kappa shape index (κ1) is 18.6. The fourth-order valence-electron chi connectivity index (χ4n) is 3.01. The number of hydrogen-bond donors (Lipinski definition) is 1. The van der Waals surface area contributed by atoms with E-state index in [-0.39, 0.29) is 5.91 Å². The van der Waals surface area contributed by atoms with Gasteiger partial charge in [0.1, 0.15) is 5.01 Å². The van der Waals surface area contributed by atoms with Crippen molar-refractivity contribution >= 4 is 22.9 Å². The number of amides is 1. The van der Waals surface area contributed by atoms with E-state index in [0.29, 0.717) is 16.8 Å². The van der Waals surface area contributed by atoms with E-state index in [2.05, 4.69) is 24.4 Å². The van der Waals surface area contributed by atoms with Crippen LogP contribution in [0.15, 0.2) is 78.9 Å². The molecule has 0 atom stereocenters. The van der Waals surface area contributed by atoms with Gasteiger partial charge in [-0.05, 0) is 37.3 Å². The second-order valence-electron chi connectivity index (χ2n) is 6.51. The van der Waals surface area contributed by atoms with Gasteiger partial charge in [0.15, 0.2) is 0 Å². The molecule has 0 fully saturated rings. The molecule has 0 spiro atoms. The Morgan fingerprint density at radius 2 is 1.72 bits per heavy atom. The van der Waals surface area contributed by atoms with Crippen LogP contribution in [0.3, 0.4) is 0 Å². The van der Waals surface area contributed by atoms with E-state index in [1.54, 1.807) is 35.6 Å². The van der Waals surface area contributed by atoms with Gasteiger partial charge in [-0.25, -0.2) is 4.98 Å². The van der Waals surface area contributed by atoms with Crippen molar-refractivity contribution in [2.24, 2.45) is 0 Å². The van der Waals surface area contributed by atoms with Gasteiger partial charge in [-0.1, -0.05) is 48.5 Å². The highest BCUT2D eigenvalue weighted by atomic mass is 32.1. The molecule has 140 valence electrons. The molecule has 1 heterocycles. The monoisotopic (exact) mass is 395 g/mol. The van der Waals surface area contributed by atoms with Crippen LogP contribution in [0.25, 0.3) is 21.8 Å². The van der Waals surface area contributed by atoms with Crippen molar-refractivity contribution in [2.75, 3.05) is 5.32 Å². The molecule has 0 saturated heterocycles. The maximum Gasteiger partial charge on any atom is 0.255 e. The minimum absolute atomic E-state index is 0.244. The summed E-state index contributed by atoms with van der Waals surface area (Å²) in [4.78, 5) is 18.4. The van der Waals surface area contributed by atoms with Crippen LogP contribution in [0.1, 0.15) is 20.8 Å². The van der Waals surface area contributed by atoms with Crippen molar-refractivity contribution in [1.29, 1.82) is 5.26 Å². The van der Waals surface area contributed by atoms with Crippen molar-refractivity contribution in [3.63, 3.8) is 0 Å². The van der Waals surface area contributed by atoms with Gasteiger partial charge >= 0.3 is 0 Å². The number of aromatic nitrogens is 1. The zero-order valence-corrected chi connectivity index (χ0v) is 16.5. The number of anilines is 1. The number of carbonyl (C=O) groups is 1. The number of nitrogens with zero attached hydrogens (tertiary/aromatic N) is 2. The Balaban J connectivity index is 1.53. The largest absolute Gasteiger partial charge is 0.322 e. The summed E-state index contributed by atoms with van der Waals surface area (Å²) in [5.74, 6) is -0.244. The average molecular weight is 395 g/mol. The Bertz CT molecular complexity index is 1210. The Hall–Kier alpha value is -3.75.